The fraction of sp³-hybridized carbons (Fsp3) is 0.278. The number of nitrogens with one attached hydrogen (secondary N) is 1. The molecule has 0 bridgehead atoms. The Bertz CT molecular complexity index is 786. The zero-order chi connectivity index (χ0) is 16.2. The smallest absolute Gasteiger partial charge is 0.166 e. The van der Waals surface area contributed by atoms with E-state index < -0.39 is 0 Å². The van der Waals surface area contributed by atoms with E-state index in [0.29, 0.717) is 23.3 Å². The molecule has 118 valence electrons. The van der Waals surface area contributed by atoms with Crippen LogP contribution in [0.15, 0.2) is 48.8 Å². The molecule has 0 aliphatic carbocycles. The third kappa shape index (κ3) is 3.39. The van der Waals surface area contributed by atoms with Gasteiger partial charge in [-0.25, -0.2) is 15.0 Å². The fourth-order valence-electron chi connectivity index (χ4n) is 2.74. The van der Waals surface area contributed by atoms with Gasteiger partial charge in [0.05, 0.1) is 5.39 Å². The summed E-state index contributed by atoms with van der Waals surface area (Å²) in [5, 5.41) is 4.34. The van der Waals surface area contributed by atoms with Crippen molar-refractivity contribution < 1.29 is 0 Å². The Balaban J connectivity index is 1.84. The van der Waals surface area contributed by atoms with E-state index in [4.69, 9.17) is 5.73 Å². The Hall–Kier alpha value is -2.69. The van der Waals surface area contributed by atoms with Gasteiger partial charge in [-0.3, -0.25) is 0 Å². The number of hydrogen-bond acceptors (Lipinski definition) is 5. The van der Waals surface area contributed by atoms with Crippen LogP contribution in [-0.2, 0) is 0 Å². The fourth-order valence-corrected chi connectivity index (χ4v) is 2.74. The average Bonchev–Trinajstić information content (AvgIpc) is 2.55. The molecular formula is C18H21N5. The largest absolute Gasteiger partial charge is 0.384 e. The number of nitrogens with two attached hydrogens (primary N) is 1. The molecule has 2 heterocycles. The molecule has 0 fully saturated rings. The van der Waals surface area contributed by atoms with Crippen LogP contribution in [0, 0.1) is 5.92 Å². The molecule has 23 heavy (non-hydrogen) atoms. The monoisotopic (exact) mass is 307 g/mol. The Kier molecular flexibility index (Phi) is 4.37. The lowest BCUT2D eigenvalue weighted by Crippen LogP contribution is -2.18. The van der Waals surface area contributed by atoms with E-state index in [1.54, 1.807) is 6.07 Å². The first-order valence-corrected chi connectivity index (χ1v) is 7.81. The average molecular weight is 307 g/mol. The zero-order valence-electron chi connectivity index (χ0n) is 13.4. The number of rotatable bonds is 5. The van der Waals surface area contributed by atoms with Crippen molar-refractivity contribution in [2.24, 2.45) is 5.92 Å². The minimum atomic E-state index is 0.406. The molecule has 0 aliphatic heterocycles. The standard InChI is InChI=1S/C18H21N5/c1-12(2)15(13-6-4-3-5-7-13)10-20-17-14-8-9-16(19)23-18(14)22-11-21-17/h3-9,11-12,15H,10H2,1-2H3,(H3,19,20,21,22,23). The molecule has 1 aromatic carbocycles. The number of nitrogens with zero attached hydrogens (tertiary/aromatic N) is 3. The van der Waals surface area contributed by atoms with Crippen molar-refractivity contribution in [2.45, 2.75) is 19.8 Å². The number of benzene rings is 1. The van der Waals surface area contributed by atoms with Crippen LogP contribution in [0.2, 0.25) is 0 Å². The first-order valence-electron chi connectivity index (χ1n) is 7.81. The number of fused-ring (bicyclic) bond motifs is 1. The summed E-state index contributed by atoms with van der Waals surface area (Å²) < 4.78 is 0. The quantitative estimate of drug-likeness (QED) is 0.755. The molecule has 2 aromatic heterocycles. The summed E-state index contributed by atoms with van der Waals surface area (Å²) in [6.45, 7) is 5.28. The van der Waals surface area contributed by atoms with Crippen molar-refractivity contribution in [3.05, 3.63) is 54.4 Å². The van der Waals surface area contributed by atoms with Crippen molar-refractivity contribution in [1.29, 1.82) is 0 Å². The summed E-state index contributed by atoms with van der Waals surface area (Å²) >= 11 is 0. The lowest BCUT2D eigenvalue weighted by Gasteiger charge is -2.22. The highest BCUT2D eigenvalue weighted by Crippen LogP contribution is 2.26. The third-order valence-electron chi connectivity index (χ3n) is 4.04. The van der Waals surface area contributed by atoms with Gasteiger partial charge < -0.3 is 11.1 Å². The predicted molar refractivity (Wildman–Crippen MR) is 94.3 cm³/mol. The normalized spacial score (nSPS) is 12.5. The van der Waals surface area contributed by atoms with Crippen LogP contribution >= 0.6 is 0 Å². The SMILES string of the molecule is CC(C)C(CNc1ncnc2nc(N)ccc12)c1ccccc1. The Morgan fingerprint density at radius 2 is 1.83 bits per heavy atom. The molecule has 5 nitrogen and oxygen atoms in total. The van der Waals surface area contributed by atoms with E-state index in [-0.39, 0.29) is 0 Å². The van der Waals surface area contributed by atoms with Gasteiger partial charge in [0.15, 0.2) is 5.65 Å². The highest BCUT2D eigenvalue weighted by molar-refractivity contribution is 5.87. The molecule has 0 saturated heterocycles. The van der Waals surface area contributed by atoms with Gasteiger partial charge >= 0.3 is 0 Å². The topological polar surface area (TPSA) is 76.7 Å². The molecule has 0 aliphatic rings. The van der Waals surface area contributed by atoms with Crippen LogP contribution in [0.3, 0.4) is 0 Å². The van der Waals surface area contributed by atoms with E-state index in [9.17, 15) is 0 Å². The highest BCUT2D eigenvalue weighted by Gasteiger charge is 2.16. The van der Waals surface area contributed by atoms with Crippen LogP contribution in [0.5, 0.6) is 0 Å². The molecule has 0 amide bonds. The summed E-state index contributed by atoms with van der Waals surface area (Å²) in [6, 6.07) is 14.2. The van der Waals surface area contributed by atoms with Crippen LogP contribution in [0.25, 0.3) is 11.0 Å². The number of hydrogen-bond donors (Lipinski definition) is 2. The number of anilines is 2. The van der Waals surface area contributed by atoms with Gasteiger partial charge in [-0.1, -0.05) is 44.2 Å². The summed E-state index contributed by atoms with van der Waals surface area (Å²) in [6.07, 6.45) is 1.52. The first kappa shape index (κ1) is 15.2. The summed E-state index contributed by atoms with van der Waals surface area (Å²) in [5.41, 5.74) is 7.66. The lowest BCUT2D eigenvalue weighted by atomic mass is 9.88. The second-order valence-electron chi connectivity index (χ2n) is 5.97. The maximum Gasteiger partial charge on any atom is 0.166 e. The van der Waals surface area contributed by atoms with Gasteiger partial charge in [-0.2, -0.15) is 0 Å². The first-order chi connectivity index (χ1) is 11.1. The minimum Gasteiger partial charge on any atom is -0.384 e. The van der Waals surface area contributed by atoms with Gasteiger partial charge in [0.25, 0.3) is 0 Å². The van der Waals surface area contributed by atoms with Gasteiger partial charge in [0.1, 0.15) is 18.0 Å². The van der Waals surface area contributed by atoms with Crippen molar-refractivity contribution >= 4 is 22.7 Å². The molecule has 3 rings (SSSR count). The van der Waals surface area contributed by atoms with E-state index >= 15 is 0 Å². The Morgan fingerprint density at radius 3 is 2.57 bits per heavy atom. The van der Waals surface area contributed by atoms with Crippen molar-refractivity contribution in [2.75, 3.05) is 17.6 Å². The van der Waals surface area contributed by atoms with E-state index in [1.807, 2.05) is 12.1 Å². The van der Waals surface area contributed by atoms with Crippen molar-refractivity contribution in [1.82, 2.24) is 15.0 Å². The number of nitrogen functional groups attached to an aromatic ring is 1. The van der Waals surface area contributed by atoms with Crippen LogP contribution in [0.4, 0.5) is 11.6 Å². The maximum atomic E-state index is 5.72. The van der Waals surface area contributed by atoms with Crippen LogP contribution in [-0.4, -0.2) is 21.5 Å². The molecular weight excluding hydrogens is 286 g/mol. The minimum absolute atomic E-state index is 0.406. The molecule has 0 saturated carbocycles. The van der Waals surface area contributed by atoms with Crippen molar-refractivity contribution in [3.63, 3.8) is 0 Å². The van der Waals surface area contributed by atoms with E-state index in [2.05, 4.69) is 58.4 Å². The Labute approximate surface area is 136 Å². The van der Waals surface area contributed by atoms with Gasteiger partial charge in [-0.05, 0) is 23.6 Å². The lowest BCUT2D eigenvalue weighted by molar-refractivity contribution is 0.516. The van der Waals surface area contributed by atoms with Gasteiger partial charge in [-0.15, -0.1) is 0 Å². The second kappa shape index (κ2) is 6.60. The highest BCUT2D eigenvalue weighted by atomic mass is 15.0. The van der Waals surface area contributed by atoms with Gasteiger partial charge in [0.2, 0.25) is 0 Å². The zero-order valence-corrected chi connectivity index (χ0v) is 13.4. The van der Waals surface area contributed by atoms with E-state index in [0.717, 1.165) is 17.7 Å². The summed E-state index contributed by atoms with van der Waals surface area (Å²) in [4.78, 5) is 12.8. The van der Waals surface area contributed by atoms with Crippen LogP contribution < -0.4 is 11.1 Å². The molecule has 1 unspecified atom stereocenters. The number of aromatic nitrogens is 3. The predicted octanol–water partition coefficient (Wildman–Crippen LogP) is 3.46. The molecule has 0 radical (unpaired) electrons. The molecule has 5 heteroatoms. The van der Waals surface area contributed by atoms with Crippen LogP contribution in [0.1, 0.15) is 25.3 Å². The van der Waals surface area contributed by atoms with Crippen molar-refractivity contribution in [3.8, 4) is 0 Å². The maximum absolute atomic E-state index is 5.72. The van der Waals surface area contributed by atoms with Gasteiger partial charge in [0, 0.05) is 12.5 Å². The Morgan fingerprint density at radius 1 is 1.04 bits per heavy atom. The second-order valence-corrected chi connectivity index (χ2v) is 5.97. The third-order valence-corrected chi connectivity index (χ3v) is 4.04. The summed E-state index contributed by atoms with van der Waals surface area (Å²) in [5.74, 6) is 2.19. The number of pyridine rings is 1. The summed E-state index contributed by atoms with van der Waals surface area (Å²) in [7, 11) is 0. The molecule has 3 aromatic rings. The molecule has 3 N–H and O–H groups in total. The van der Waals surface area contributed by atoms with E-state index in [1.165, 1.54) is 11.9 Å². The molecule has 0 spiro atoms. The molecule has 1 atom stereocenters.